The molecule has 0 aliphatic rings. The fraction of sp³-hybridized carbons (Fsp3) is 0.312. The molecular weight excluding hydrogens is 254 g/mol. The Morgan fingerprint density at radius 1 is 1.16 bits per heavy atom. The lowest BCUT2D eigenvalue weighted by Crippen LogP contribution is -2.28. The molecule has 2 aromatic rings. The minimum Gasteiger partial charge on any atom is -0.345 e. The molecule has 0 heterocycles. The molecule has 0 aliphatic heterocycles. The van der Waals surface area contributed by atoms with E-state index in [1.54, 1.807) is 16.7 Å². The lowest BCUT2D eigenvalue weighted by atomic mass is 10.1. The predicted molar refractivity (Wildman–Crippen MR) is 82.6 cm³/mol. The van der Waals surface area contributed by atoms with E-state index in [4.69, 9.17) is 0 Å². The molecule has 2 aromatic carbocycles. The van der Waals surface area contributed by atoms with Crippen molar-refractivity contribution in [2.24, 2.45) is 0 Å². The summed E-state index contributed by atoms with van der Waals surface area (Å²) in [6, 6.07) is 14.6. The summed E-state index contributed by atoms with van der Waals surface area (Å²) in [6.45, 7) is 2.91. The molecule has 0 saturated carbocycles. The summed E-state index contributed by atoms with van der Waals surface area (Å²) in [7, 11) is 1.87. The van der Waals surface area contributed by atoms with Gasteiger partial charge in [-0.1, -0.05) is 37.3 Å². The van der Waals surface area contributed by atoms with Gasteiger partial charge in [-0.15, -0.1) is 11.8 Å². The highest BCUT2D eigenvalue weighted by atomic mass is 32.2. The topological polar surface area (TPSA) is 20.3 Å². The predicted octanol–water partition coefficient (Wildman–Crippen LogP) is 3.80. The number of amides is 1. The summed E-state index contributed by atoms with van der Waals surface area (Å²) in [6.07, 6.45) is 1.00. The van der Waals surface area contributed by atoms with Crippen LogP contribution >= 0.6 is 11.8 Å². The molecule has 1 amide bonds. The van der Waals surface area contributed by atoms with E-state index in [2.05, 4.69) is 37.3 Å². The minimum atomic E-state index is 0.194. The third-order valence-electron chi connectivity index (χ3n) is 3.07. The van der Waals surface area contributed by atoms with Gasteiger partial charge in [-0.2, -0.15) is 0 Å². The zero-order chi connectivity index (χ0) is 13.7. The molecule has 0 fully saturated rings. The van der Waals surface area contributed by atoms with Gasteiger partial charge in [0.05, 0.1) is 5.75 Å². The third kappa shape index (κ3) is 3.74. The average Bonchev–Trinajstić information content (AvgIpc) is 2.44. The zero-order valence-corrected chi connectivity index (χ0v) is 12.2. The number of thioether (sulfide) groups is 1. The number of rotatable bonds is 5. The first-order valence-corrected chi connectivity index (χ1v) is 7.55. The van der Waals surface area contributed by atoms with Gasteiger partial charge < -0.3 is 4.90 Å². The van der Waals surface area contributed by atoms with E-state index in [1.807, 2.05) is 19.2 Å². The maximum absolute atomic E-state index is 11.9. The number of hydrogen-bond acceptors (Lipinski definition) is 2. The molecule has 0 spiro atoms. The number of benzene rings is 2. The van der Waals surface area contributed by atoms with Crippen LogP contribution in [0.2, 0.25) is 0 Å². The molecule has 0 unspecified atom stereocenters. The van der Waals surface area contributed by atoms with Crippen molar-refractivity contribution in [3.8, 4) is 0 Å². The maximum atomic E-state index is 11.9. The molecule has 2 nitrogen and oxygen atoms in total. The van der Waals surface area contributed by atoms with E-state index in [1.165, 1.54) is 10.8 Å². The number of carbonyl (C=O) groups is 1. The standard InChI is InChI=1S/C16H19NOS/c1-3-10-17(2)16(18)12-19-15-9-8-13-6-4-5-7-14(13)11-15/h4-9,11H,3,10,12H2,1-2H3. The minimum absolute atomic E-state index is 0.194. The second-order valence-corrected chi connectivity index (χ2v) is 5.66. The van der Waals surface area contributed by atoms with Crippen LogP contribution in [0, 0.1) is 0 Å². The van der Waals surface area contributed by atoms with Crippen LogP contribution in [0.5, 0.6) is 0 Å². The number of fused-ring (bicyclic) bond motifs is 1. The Morgan fingerprint density at radius 2 is 1.89 bits per heavy atom. The van der Waals surface area contributed by atoms with E-state index in [0.29, 0.717) is 5.75 Å². The molecule has 100 valence electrons. The van der Waals surface area contributed by atoms with Gasteiger partial charge in [-0.25, -0.2) is 0 Å². The first-order valence-electron chi connectivity index (χ1n) is 6.56. The van der Waals surface area contributed by atoms with Gasteiger partial charge in [-0.05, 0) is 29.3 Å². The van der Waals surface area contributed by atoms with E-state index in [0.717, 1.165) is 17.9 Å². The van der Waals surface area contributed by atoms with E-state index >= 15 is 0 Å². The van der Waals surface area contributed by atoms with Crippen LogP contribution in [0.3, 0.4) is 0 Å². The Balaban J connectivity index is 2.00. The van der Waals surface area contributed by atoms with Crippen LogP contribution in [0.25, 0.3) is 10.8 Å². The van der Waals surface area contributed by atoms with Crippen molar-refractivity contribution >= 4 is 28.4 Å². The van der Waals surface area contributed by atoms with Gasteiger partial charge in [0.1, 0.15) is 0 Å². The summed E-state index contributed by atoms with van der Waals surface area (Å²) in [5.74, 6) is 0.703. The summed E-state index contributed by atoms with van der Waals surface area (Å²) in [5.41, 5.74) is 0. The SMILES string of the molecule is CCCN(C)C(=O)CSc1ccc2ccccc2c1. The van der Waals surface area contributed by atoms with Crippen LogP contribution in [0.4, 0.5) is 0 Å². The summed E-state index contributed by atoms with van der Waals surface area (Å²) >= 11 is 1.61. The van der Waals surface area contributed by atoms with Crippen LogP contribution < -0.4 is 0 Å². The fourth-order valence-corrected chi connectivity index (χ4v) is 2.86. The molecular formula is C16H19NOS. The Bertz CT molecular complexity index is 567. The van der Waals surface area contributed by atoms with Gasteiger partial charge in [0.15, 0.2) is 0 Å². The smallest absolute Gasteiger partial charge is 0.232 e. The summed E-state index contributed by atoms with van der Waals surface area (Å²) in [4.78, 5) is 14.8. The quantitative estimate of drug-likeness (QED) is 0.772. The second-order valence-electron chi connectivity index (χ2n) is 4.61. The van der Waals surface area contributed by atoms with Crippen LogP contribution in [-0.4, -0.2) is 30.2 Å². The number of hydrogen-bond donors (Lipinski definition) is 0. The molecule has 0 atom stereocenters. The summed E-state index contributed by atoms with van der Waals surface area (Å²) < 4.78 is 0. The van der Waals surface area contributed by atoms with Crippen molar-refractivity contribution in [1.29, 1.82) is 0 Å². The highest BCUT2D eigenvalue weighted by Gasteiger charge is 2.08. The van der Waals surface area contributed by atoms with E-state index < -0.39 is 0 Å². The molecule has 19 heavy (non-hydrogen) atoms. The molecule has 0 aromatic heterocycles. The van der Waals surface area contributed by atoms with Crippen molar-refractivity contribution in [2.75, 3.05) is 19.3 Å². The van der Waals surface area contributed by atoms with E-state index in [9.17, 15) is 4.79 Å². The highest BCUT2D eigenvalue weighted by Crippen LogP contribution is 2.23. The number of carbonyl (C=O) groups excluding carboxylic acids is 1. The molecule has 3 heteroatoms. The second kappa shape index (κ2) is 6.62. The first kappa shape index (κ1) is 13.9. The largest absolute Gasteiger partial charge is 0.345 e. The first-order chi connectivity index (χ1) is 9.20. The molecule has 0 N–H and O–H groups in total. The monoisotopic (exact) mass is 273 g/mol. The Morgan fingerprint density at radius 3 is 2.63 bits per heavy atom. The van der Waals surface area contributed by atoms with Crippen LogP contribution in [-0.2, 0) is 4.79 Å². The molecule has 0 bridgehead atoms. The zero-order valence-electron chi connectivity index (χ0n) is 11.4. The fourth-order valence-electron chi connectivity index (χ4n) is 1.97. The van der Waals surface area contributed by atoms with Gasteiger partial charge in [0, 0.05) is 18.5 Å². The molecule has 2 rings (SSSR count). The Hall–Kier alpha value is -1.48. The lowest BCUT2D eigenvalue weighted by Gasteiger charge is -2.15. The maximum Gasteiger partial charge on any atom is 0.232 e. The van der Waals surface area contributed by atoms with Crippen LogP contribution in [0.15, 0.2) is 47.4 Å². The molecule has 0 aliphatic carbocycles. The Kier molecular flexibility index (Phi) is 4.86. The third-order valence-corrected chi connectivity index (χ3v) is 4.05. The van der Waals surface area contributed by atoms with Crippen LogP contribution in [0.1, 0.15) is 13.3 Å². The van der Waals surface area contributed by atoms with Gasteiger partial charge >= 0.3 is 0 Å². The Labute approximate surface area is 118 Å². The van der Waals surface area contributed by atoms with Gasteiger partial charge in [0.2, 0.25) is 5.91 Å². The molecule has 0 saturated heterocycles. The molecule has 0 radical (unpaired) electrons. The van der Waals surface area contributed by atoms with Crippen molar-refractivity contribution in [1.82, 2.24) is 4.90 Å². The van der Waals surface area contributed by atoms with Crippen molar-refractivity contribution < 1.29 is 4.79 Å². The average molecular weight is 273 g/mol. The van der Waals surface area contributed by atoms with Crippen molar-refractivity contribution in [3.05, 3.63) is 42.5 Å². The number of nitrogens with zero attached hydrogens (tertiary/aromatic N) is 1. The van der Waals surface area contributed by atoms with E-state index in [-0.39, 0.29) is 5.91 Å². The van der Waals surface area contributed by atoms with Crippen molar-refractivity contribution in [3.63, 3.8) is 0 Å². The van der Waals surface area contributed by atoms with Gasteiger partial charge in [0.25, 0.3) is 0 Å². The normalized spacial score (nSPS) is 10.6. The summed E-state index contributed by atoms with van der Waals surface area (Å²) in [5, 5.41) is 2.46. The van der Waals surface area contributed by atoms with Crippen molar-refractivity contribution in [2.45, 2.75) is 18.2 Å². The lowest BCUT2D eigenvalue weighted by molar-refractivity contribution is -0.127. The highest BCUT2D eigenvalue weighted by molar-refractivity contribution is 8.00. The van der Waals surface area contributed by atoms with Gasteiger partial charge in [-0.3, -0.25) is 4.79 Å².